The monoisotopic (exact) mass is 486 g/mol. The van der Waals surface area contributed by atoms with Crippen LogP contribution in [0.3, 0.4) is 0 Å². The molecule has 1 atom stereocenters. The van der Waals surface area contributed by atoms with E-state index in [1.165, 1.54) is 27.6 Å². The number of methoxy groups -OCH3 is 1. The molecule has 0 aliphatic rings. The van der Waals surface area contributed by atoms with Gasteiger partial charge in [-0.2, -0.15) is 0 Å². The summed E-state index contributed by atoms with van der Waals surface area (Å²) in [6.45, 7) is 1.86. The molecular formula is C24H26N2O5S2. The maximum Gasteiger partial charge on any atom is 0.325 e. The van der Waals surface area contributed by atoms with Crippen molar-refractivity contribution in [2.45, 2.75) is 25.9 Å². The molecule has 0 aliphatic heterocycles. The van der Waals surface area contributed by atoms with Crippen LogP contribution in [0, 0.1) is 0 Å². The zero-order chi connectivity index (χ0) is 23.6. The van der Waals surface area contributed by atoms with Crippen LogP contribution in [0.15, 0.2) is 59.3 Å². The highest BCUT2D eigenvalue weighted by atomic mass is 32.1. The van der Waals surface area contributed by atoms with Gasteiger partial charge in [-0.1, -0.05) is 24.3 Å². The molecule has 2 amide bonds. The molecule has 33 heavy (non-hydrogen) atoms. The Hall–Kier alpha value is -3.17. The zero-order valence-corrected chi connectivity index (χ0v) is 20.1. The molecule has 0 spiro atoms. The van der Waals surface area contributed by atoms with Crippen molar-refractivity contribution in [1.29, 1.82) is 0 Å². The number of hydrogen-bond donors (Lipinski definition) is 1. The molecule has 3 aromatic rings. The average Bonchev–Trinajstić information content (AvgIpc) is 3.52. The molecule has 0 saturated carbocycles. The Morgan fingerprint density at radius 1 is 1.03 bits per heavy atom. The zero-order valence-electron chi connectivity index (χ0n) is 18.5. The van der Waals surface area contributed by atoms with E-state index in [2.05, 4.69) is 5.32 Å². The SMILES string of the molecule is CCOC(=O)CN(C(=O)Cc1cccs1)C(C(=O)NCc1ccc(OC)cc1)c1cccs1. The van der Waals surface area contributed by atoms with Crippen LogP contribution in [0.1, 0.15) is 28.3 Å². The molecular weight excluding hydrogens is 460 g/mol. The van der Waals surface area contributed by atoms with Crippen LogP contribution in [0.25, 0.3) is 0 Å². The maximum atomic E-state index is 13.4. The second-order valence-electron chi connectivity index (χ2n) is 7.07. The van der Waals surface area contributed by atoms with E-state index in [4.69, 9.17) is 9.47 Å². The summed E-state index contributed by atoms with van der Waals surface area (Å²) < 4.78 is 10.3. The second-order valence-corrected chi connectivity index (χ2v) is 9.08. The Kier molecular flexibility index (Phi) is 9.03. The van der Waals surface area contributed by atoms with Gasteiger partial charge in [0, 0.05) is 16.3 Å². The second kappa shape index (κ2) is 12.2. The Labute approximate surface area is 200 Å². The first-order valence-electron chi connectivity index (χ1n) is 10.4. The quantitative estimate of drug-likeness (QED) is 0.417. The van der Waals surface area contributed by atoms with Crippen LogP contribution >= 0.6 is 22.7 Å². The highest BCUT2D eigenvalue weighted by Crippen LogP contribution is 2.27. The summed E-state index contributed by atoms with van der Waals surface area (Å²) in [5, 5.41) is 6.63. The number of rotatable bonds is 11. The number of benzene rings is 1. The van der Waals surface area contributed by atoms with Gasteiger partial charge in [0.15, 0.2) is 0 Å². The third-order valence-corrected chi connectivity index (χ3v) is 6.63. The van der Waals surface area contributed by atoms with E-state index in [0.717, 1.165) is 16.2 Å². The number of thiophene rings is 2. The van der Waals surface area contributed by atoms with Crippen molar-refractivity contribution >= 4 is 40.5 Å². The molecule has 2 heterocycles. The topological polar surface area (TPSA) is 84.9 Å². The number of carbonyl (C=O) groups is 3. The van der Waals surface area contributed by atoms with Gasteiger partial charge in [0.05, 0.1) is 20.1 Å². The summed E-state index contributed by atoms with van der Waals surface area (Å²) in [5.74, 6) is -0.511. The fourth-order valence-corrected chi connectivity index (χ4v) is 4.76. The first-order valence-corrected chi connectivity index (χ1v) is 12.2. The molecule has 0 saturated heterocycles. The predicted molar refractivity (Wildman–Crippen MR) is 128 cm³/mol. The van der Waals surface area contributed by atoms with E-state index in [-0.39, 0.29) is 37.9 Å². The molecule has 2 aromatic heterocycles. The van der Waals surface area contributed by atoms with Crippen LogP contribution in [0.5, 0.6) is 5.75 Å². The van der Waals surface area contributed by atoms with Gasteiger partial charge in [0.1, 0.15) is 18.3 Å². The van der Waals surface area contributed by atoms with Gasteiger partial charge >= 0.3 is 5.97 Å². The maximum absolute atomic E-state index is 13.4. The lowest BCUT2D eigenvalue weighted by Gasteiger charge is -2.29. The summed E-state index contributed by atoms with van der Waals surface area (Å²) in [7, 11) is 1.59. The minimum atomic E-state index is -0.944. The lowest BCUT2D eigenvalue weighted by Crippen LogP contribution is -2.46. The molecule has 9 heteroatoms. The largest absolute Gasteiger partial charge is 0.497 e. The van der Waals surface area contributed by atoms with E-state index < -0.39 is 12.0 Å². The van der Waals surface area contributed by atoms with E-state index in [1.807, 2.05) is 53.2 Å². The lowest BCUT2D eigenvalue weighted by molar-refractivity contribution is -0.152. The van der Waals surface area contributed by atoms with Gasteiger partial charge in [-0.05, 0) is 47.5 Å². The Balaban J connectivity index is 1.83. The molecule has 0 bridgehead atoms. The molecule has 1 N–H and O–H groups in total. The fraction of sp³-hybridized carbons (Fsp3) is 0.292. The van der Waals surface area contributed by atoms with Crippen LogP contribution in [0.2, 0.25) is 0 Å². The summed E-state index contributed by atoms with van der Waals surface area (Å²) >= 11 is 2.81. The first-order chi connectivity index (χ1) is 16.0. The number of nitrogens with zero attached hydrogens (tertiary/aromatic N) is 1. The number of amides is 2. The highest BCUT2D eigenvalue weighted by Gasteiger charge is 2.34. The van der Waals surface area contributed by atoms with Crippen LogP contribution < -0.4 is 10.1 Å². The number of ether oxygens (including phenoxy) is 2. The molecule has 0 radical (unpaired) electrons. The van der Waals surface area contributed by atoms with Crippen molar-refractivity contribution in [2.75, 3.05) is 20.3 Å². The first kappa shape index (κ1) is 24.5. The Morgan fingerprint density at radius 2 is 1.76 bits per heavy atom. The molecule has 7 nitrogen and oxygen atoms in total. The molecule has 3 rings (SSSR count). The van der Waals surface area contributed by atoms with Crippen LogP contribution in [0.4, 0.5) is 0 Å². The third-order valence-electron chi connectivity index (χ3n) is 4.83. The summed E-state index contributed by atoms with van der Waals surface area (Å²) in [5.41, 5.74) is 0.885. The number of esters is 1. The van der Waals surface area contributed by atoms with Gasteiger partial charge in [-0.3, -0.25) is 14.4 Å². The molecule has 1 unspecified atom stereocenters. The van der Waals surface area contributed by atoms with E-state index in [9.17, 15) is 14.4 Å². The van der Waals surface area contributed by atoms with E-state index >= 15 is 0 Å². The smallest absolute Gasteiger partial charge is 0.325 e. The Morgan fingerprint density at radius 3 is 2.36 bits per heavy atom. The van der Waals surface area contributed by atoms with Gasteiger partial charge in [-0.25, -0.2) is 0 Å². The van der Waals surface area contributed by atoms with E-state index in [0.29, 0.717) is 4.88 Å². The normalized spacial score (nSPS) is 11.5. The summed E-state index contributed by atoms with van der Waals surface area (Å²) in [6.07, 6.45) is 0.102. The standard InChI is InChI=1S/C24H26N2O5S2/c1-3-31-22(28)16-26(21(27)14-19-6-4-12-32-19)23(20-7-5-13-33-20)24(29)25-15-17-8-10-18(30-2)11-9-17/h4-13,23H,3,14-16H2,1-2H3,(H,25,29). The number of nitrogens with one attached hydrogen (secondary N) is 1. The number of carbonyl (C=O) groups excluding carboxylic acids is 3. The van der Waals surface area contributed by atoms with Gasteiger partial charge in [0.25, 0.3) is 0 Å². The van der Waals surface area contributed by atoms with Gasteiger partial charge in [0.2, 0.25) is 11.8 Å². The van der Waals surface area contributed by atoms with Crippen molar-refractivity contribution < 1.29 is 23.9 Å². The molecule has 174 valence electrons. The number of hydrogen-bond acceptors (Lipinski definition) is 7. The minimum Gasteiger partial charge on any atom is -0.497 e. The fourth-order valence-electron chi connectivity index (χ4n) is 3.23. The van der Waals surface area contributed by atoms with Crippen molar-refractivity contribution in [1.82, 2.24) is 10.2 Å². The Bertz CT molecular complexity index is 1030. The summed E-state index contributed by atoms with van der Waals surface area (Å²) in [6, 6.07) is 13.7. The highest BCUT2D eigenvalue weighted by molar-refractivity contribution is 7.10. The van der Waals surface area contributed by atoms with E-state index in [1.54, 1.807) is 20.1 Å². The third kappa shape index (κ3) is 6.90. The van der Waals surface area contributed by atoms with Crippen molar-refractivity contribution in [3.05, 3.63) is 74.6 Å². The van der Waals surface area contributed by atoms with Crippen molar-refractivity contribution in [2.24, 2.45) is 0 Å². The molecule has 1 aromatic carbocycles. The van der Waals surface area contributed by atoms with Crippen molar-refractivity contribution in [3.63, 3.8) is 0 Å². The predicted octanol–water partition coefficient (Wildman–Crippen LogP) is 3.81. The van der Waals surface area contributed by atoms with Gasteiger partial charge < -0.3 is 19.7 Å². The van der Waals surface area contributed by atoms with Crippen LogP contribution in [-0.4, -0.2) is 42.9 Å². The molecule has 0 aliphatic carbocycles. The van der Waals surface area contributed by atoms with Crippen LogP contribution in [-0.2, 0) is 32.1 Å². The van der Waals surface area contributed by atoms with Gasteiger partial charge in [-0.15, -0.1) is 22.7 Å². The molecule has 0 fully saturated rings. The lowest BCUT2D eigenvalue weighted by atomic mass is 10.1. The van der Waals surface area contributed by atoms with Crippen molar-refractivity contribution in [3.8, 4) is 5.75 Å². The minimum absolute atomic E-state index is 0.102. The average molecular weight is 487 g/mol. The summed E-state index contributed by atoms with van der Waals surface area (Å²) in [4.78, 5) is 41.8.